The predicted octanol–water partition coefficient (Wildman–Crippen LogP) is 4.22. The SMILES string of the molecule is CC(C)(C)c1ccc(CN2CCN(c3nnc(NC(=O)NC4CCCC4)s3)CC2)cc1. The summed E-state index contributed by atoms with van der Waals surface area (Å²) in [6.07, 6.45) is 4.53. The van der Waals surface area contributed by atoms with Crippen molar-refractivity contribution in [2.24, 2.45) is 0 Å². The summed E-state index contributed by atoms with van der Waals surface area (Å²) in [6, 6.07) is 9.15. The lowest BCUT2D eigenvalue weighted by Crippen LogP contribution is -2.45. The van der Waals surface area contributed by atoms with Crippen LogP contribution in [0.3, 0.4) is 0 Å². The second-order valence-corrected chi connectivity index (χ2v) is 10.6. The predicted molar refractivity (Wildman–Crippen MR) is 127 cm³/mol. The standard InChI is InChI=1S/C23H34N6OS/c1-23(2,3)18-10-8-17(9-11-18)16-28-12-14-29(15-13-28)22-27-26-21(31-22)25-20(30)24-19-6-4-5-7-19/h8-11,19H,4-7,12-16H2,1-3H3,(H2,24,25,26,30). The highest BCUT2D eigenvalue weighted by molar-refractivity contribution is 7.19. The number of anilines is 2. The van der Waals surface area contributed by atoms with E-state index in [9.17, 15) is 4.79 Å². The maximum atomic E-state index is 12.1. The van der Waals surface area contributed by atoms with Gasteiger partial charge in [0.05, 0.1) is 0 Å². The number of amides is 2. The van der Waals surface area contributed by atoms with Gasteiger partial charge in [-0.2, -0.15) is 0 Å². The van der Waals surface area contributed by atoms with Gasteiger partial charge < -0.3 is 10.2 Å². The smallest absolute Gasteiger partial charge is 0.321 e. The molecule has 1 aromatic heterocycles. The van der Waals surface area contributed by atoms with E-state index in [1.165, 1.54) is 35.3 Å². The molecule has 0 radical (unpaired) electrons. The van der Waals surface area contributed by atoms with Crippen molar-refractivity contribution in [1.29, 1.82) is 0 Å². The van der Waals surface area contributed by atoms with Gasteiger partial charge in [0.15, 0.2) is 0 Å². The van der Waals surface area contributed by atoms with Gasteiger partial charge in [0.25, 0.3) is 0 Å². The van der Waals surface area contributed by atoms with Crippen LogP contribution in [0.15, 0.2) is 24.3 Å². The van der Waals surface area contributed by atoms with E-state index >= 15 is 0 Å². The van der Waals surface area contributed by atoms with Gasteiger partial charge in [-0.3, -0.25) is 10.2 Å². The van der Waals surface area contributed by atoms with Crippen molar-refractivity contribution < 1.29 is 4.79 Å². The summed E-state index contributed by atoms with van der Waals surface area (Å²) in [5, 5.41) is 15.8. The first-order valence-electron chi connectivity index (χ1n) is 11.3. The number of aromatic nitrogens is 2. The minimum absolute atomic E-state index is 0.170. The van der Waals surface area contributed by atoms with E-state index in [4.69, 9.17) is 0 Å². The Morgan fingerprint density at radius 2 is 1.74 bits per heavy atom. The van der Waals surface area contributed by atoms with Gasteiger partial charge in [0.2, 0.25) is 10.3 Å². The Bertz CT molecular complexity index is 861. The minimum Gasteiger partial charge on any atom is -0.344 e. The van der Waals surface area contributed by atoms with Crippen molar-refractivity contribution in [3.63, 3.8) is 0 Å². The minimum atomic E-state index is -0.170. The summed E-state index contributed by atoms with van der Waals surface area (Å²) in [7, 11) is 0. The zero-order chi connectivity index (χ0) is 21.8. The van der Waals surface area contributed by atoms with E-state index in [1.54, 1.807) is 0 Å². The molecular weight excluding hydrogens is 408 g/mol. The Kier molecular flexibility index (Phi) is 6.77. The lowest BCUT2D eigenvalue weighted by Gasteiger charge is -2.34. The van der Waals surface area contributed by atoms with E-state index in [0.717, 1.165) is 50.7 Å². The number of nitrogens with one attached hydrogen (secondary N) is 2. The first-order valence-corrected chi connectivity index (χ1v) is 12.2. The molecule has 1 saturated heterocycles. The topological polar surface area (TPSA) is 73.4 Å². The molecule has 8 heteroatoms. The summed E-state index contributed by atoms with van der Waals surface area (Å²) in [5.74, 6) is 0. The molecule has 2 aromatic rings. The van der Waals surface area contributed by atoms with Gasteiger partial charge >= 0.3 is 6.03 Å². The van der Waals surface area contributed by atoms with Gasteiger partial charge in [0.1, 0.15) is 0 Å². The molecule has 2 fully saturated rings. The number of piperazine rings is 1. The van der Waals surface area contributed by atoms with E-state index in [2.05, 4.69) is 75.7 Å². The molecule has 168 valence electrons. The Morgan fingerprint density at radius 1 is 1.06 bits per heavy atom. The maximum absolute atomic E-state index is 12.1. The monoisotopic (exact) mass is 442 g/mol. The van der Waals surface area contributed by atoms with Gasteiger partial charge in [0, 0.05) is 38.8 Å². The summed E-state index contributed by atoms with van der Waals surface area (Å²) in [4.78, 5) is 16.9. The normalized spacial score (nSPS) is 18.4. The molecule has 0 spiro atoms. The van der Waals surface area contributed by atoms with E-state index < -0.39 is 0 Å². The van der Waals surface area contributed by atoms with Crippen molar-refractivity contribution in [1.82, 2.24) is 20.4 Å². The van der Waals surface area contributed by atoms with Crippen LogP contribution < -0.4 is 15.5 Å². The number of rotatable bonds is 5. The first kappa shape index (κ1) is 22.0. The molecule has 4 rings (SSSR count). The second kappa shape index (κ2) is 9.53. The van der Waals surface area contributed by atoms with Crippen LogP contribution in [0.1, 0.15) is 57.6 Å². The van der Waals surface area contributed by atoms with Crippen molar-refractivity contribution in [3.05, 3.63) is 35.4 Å². The third-order valence-electron chi connectivity index (χ3n) is 6.19. The van der Waals surface area contributed by atoms with Crippen LogP contribution in [0.25, 0.3) is 0 Å². The molecule has 1 aliphatic carbocycles. The van der Waals surface area contributed by atoms with Crippen LogP contribution in [-0.4, -0.2) is 53.3 Å². The molecule has 31 heavy (non-hydrogen) atoms. The van der Waals surface area contributed by atoms with Crippen LogP contribution in [-0.2, 0) is 12.0 Å². The lowest BCUT2D eigenvalue weighted by molar-refractivity contribution is 0.248. The molecule has 2 amide bonds. The zero-order valence-electron chi connectivity index (χ0n) is 18.9. The molecule has 0 bridgehead atoms. The van der Waals surface area contributed by atoms with Crippen molar-refractivity contribution in [2.45, 2.75) is 64.5 Å². The van der Waals surface area contributed by atoms with Crippen LogP contribution in [0, 0.1) is 0 Å². The quantitative estimate of drug-likeness (QED) is 0.725. The molecule has 2 heterocycles. The summed E-state index contributed by atoms with van der Waals surface area (Å²) < 4.78 is 0. The van der Waals surface area contributed by atoms with E-state index in [-0.39, 0.29) is 11.4 Å². The zero-order valence-corrected chi connectivity index (χ0v) is 19.7. The summed E-state index contributed by atoms with van der Waals surface area (Å²) in [5.41, 5.74) is 2.92. The average molecular weight is 443 g/mol. The Hall–Kier alpha value is -2.19. The van der Waals surface area contributed by atoms with E-state index in [1.807, 2.05) is 0 Å². The number of benzene rings is 1. The first-order chi connectivity index (χ1) is 14.9. The van der Waals surface area contributed by atoms with Crippen LogP contribution in [0.5, 0.6) is 0 Å². The highest BCUT2D eigenvalue weighted by Gasteiger charge is 2.22. The largest absolute Gasteiger partial charge is 0.344 e. The molecule has 0 unspecified atom stereocenters. The fraction of sp³-hybridized carbons (Fsp3) is 0.609. The van der Waals surface area contributed by atoms with Crippen molar-refractivity contribution in [2.75, 3.05) is 36.4 Å². The Labute approximate surface area is 189 Å². The van der Waals surface area contributed by atoms with Crippen molar-refractivity contribution >= 4 is 27.6 Å². The molecule has 7 nitrogen and oxygen atoms in total. The van der Waals surface area contributed by atoms with Crippen molar-refractivity contribution in [3.8, 4) is 0 Å². The molecule has 2 aliphatic rings. The number of urea groups is 1. The Morgan fingerprint density at radius 3 is 2.39 bits per heavy atom. The second-order valence-electron chi connectivity index (χ2n) is 9.68. The fourth-order valence-corrected chi connectivity index (χ4v) is 5.04. The maximum Gasteiger partial charge on any atom is 0.321 e. The lowest BCUT2D eigenvalue weighted by atomic mass is 9.87. The van der Waals surface area contributed by atoms with E-state index in [0.29, 0.717) is 11.2 Å². The average Bonchev–Trinajstić information content (AvgIpc) is 3.40. The highest BCUT2D eigenvalue weighted by Crippen LogP contribution is 2.26. The number of carbonyl (C=O) groups excluding carboxylic acids is 1. The number of nitrogens with zero attached hydrogens (tertiary/aromatic N) is 4. The Balaban J connectivity index is 1.24. The number of hydrogen-bond acceptors (Lipinski definition) is 6. The number of carbonyl (C=O) groups is 1. The molecule has 2 N–H and O–H groups in total. The molecular formula is C23H34N6OS. The summed E-state index contributed by atoms with van der Waals surface area (Å²) >= 11 is 1.45. The summed E-state index contributed by atoms with van der Waals surface area (Å²) in [6.45, 7) is 11.5. The molecule has 0 atom stereocenters. The van der Waals surface area contributed by atoms with Gasteiger partial charge in [-0.25, -0.2) is 4.79 Å². The fourth-order valence-electron chi connectivity index (χ4n) is 4.25. The van der Waals surface area contributed by atoms with Crippen LogP contribution in [0.2, 0.25) is 0 Å². The highest BCUT2D eigenvalue weighted by atomic mass is 32.1. The van der Waals surface area contributed by atoms with Gasteiger partial charge in [-0.15, -0.1) is 10.2 Å². The third kappa shape index (κ3) is 5.95. The molecule has 1 aromatic carbocycles. The number of hydrogen-bond donors (Lipinski definition) is 2. The van der Waals surface area contributed by atoms with Gasteiger partial charge in [-0.05, 0) is 29.4 Å². The molecule has 1 saturated carbocycles. The van der Waals surface area contributed by atoms with Crippen LogP contribution in [0.4, 0.5) is 15.1 Å². The molecule has 1 aliphatic heterocycles. The third-order valence-corrected chi connectivity index (χ3v) is 7.09. The van der Waals surface area contributed by atoms with Gasteiger partial charge in [-0.1, -0.05) is 69.2 Å². The van der Waals surface area contributed by atoms with Crippen LogP contribution >= 0.6 is 11.3 Å².